The molecule has 11 heteroatoms. The number of carbonyl (C=O) groups excluding carboxylic acids is 4. The average molecular weight is 573 g/mol. The van der Waals surface area contributed by atoms with Crippen molar-refractivity contribution in [2.75, 3.05) is 20.3 Å². The molecule has 0 aliphatic carbocycles. The van der Waals surface area contributed by atoms with Gasteiger partial charge in [0.1, 0.15) is 6.10 Å². The summed E-state index contributed by atoms with van der Waals surface area (Å²) in [7, 11) is 1.13. The normalized spacial score (nSPS) is 14.2. The SMILES string of the molecule is CCCCCC/C=C\C[C@H](CC(=O)N[C@@H](CO)C(=O)OC)OC(=O)[C@H](CO)NC(=O)C[C@@H](O)CCCCCCC. The minimum atomic E-state index is -1.37. The topological polar surface area (TPSA) is 171 Å². The molecule has 0 saturated heterocycles. The van der Waals surface area contributed by atoms with Crippen LogP contribution in [0.1, 0.15) is 104 Å². The summed E-state index contributed by atoms with van der Waals surface area (Å²) in [5.74, 6) is -2.99. The number of ether oxygens (including phenoxy) is 2. The molecule has 0 rings (SSSR count). The first-order chi connectivity index (χ1) is 19.2. The summed E-state index contributed by atoms with van der Waals surface area (Å²) >= 11 is 0. The number of nitrogens with one attached hydrogen (secondary N) is 2. The van der Waals surface area contributed by atoms with Crippen LogP contribution in [0.4, 0.5) is 0 Å². The fourth-order valence-corrected chi connectivity index (χ4v) is 3.99. The Morgan fingerprint density at radius 2 is 1.30 bits per heavy atom. The lowest BCUT2D eigenvalue weighted by molar-refractivity contribution is -0.156. The molecule has 0 unspecified atom stereocenters. The zero-order valence-corrected chi connectivity index (χ0v) is 24.6. The van der Waals surface area contributed by atoms with Crippen molar-refractivity contribution in [3.63, 3.8) is 0 Å². The molecule has 0 fully saturated rings. The minimum Gasteiger partial charge on any atom is -0.467 e. The second-order valence-corrected chi connectivity index (χ2v) is 10.0. The lowest BCUT2D eigenvalue weighted by Gasteiger charge is -2.22. The predicted octanol–water partition coefficient (Wildman–Crippen LogP) is 2.44. The van der Waals surface area contributed by atoms with Crippen molar-refractivity contribution in [1.82, 2.24) is 10.6 Å². The van der Waals surface area contributed by atoms with E-state index < -0.39 is 61.3 Å². The van der Waals surface area contributed by atoms with Crippen molar-refractivity contribution in [2.24, 2.45) is 0 Å². The molecule has 232 valence electrons. The van der Waals surface area contributed by atoms with Gasteiger partial charge in [-0.05, 0) is 19.3 Å². The number of esters is 2. The van der Waals surface area contributed by atoms with E-state index in [9.17, 15) is 34.5 Å². The van der Waals surface area contributed by atoms with Crippen LogP contribution in [0, 0.1) is 0 Å². The molecule has 4 atom stereocenters. The predicted molar refractivity (Wildman–Crippen MR) is 151 cm³/mol. The maximum absolute atomic E-state index is 12.8. The molecular weight excluding hydrogens is 520 g/mol. The molecule has 40 heavy (non-hydrogen) atoms. The van der Waals surface area contributed by atoms with Gasteiger partial charge in [-0.25, -0.2) is 9.59 Å². The summed E-state index contributed by atoms with van der Waals surface area (Å²) < 4.78 is 10.0. The quantitative estimate of drug-likeness (QED) is 0.0662. The summed E-state index contributed by atoms with van der Waals surface area (Å²) in [4.78, 5) is 49.3. The second-order valence-electron chi connectivity index (χ2n) is 10.0. The first kappa shape index (κ1) is 37.5. The lowest BCUT2D eigenvalue weighted by atomic mass is 10.1. The van der Waals surface area contributed by atoms with Gasteiger partial charge in [0.25, 0.3) is 0 Å². The van der Waals surface area contributed by atoms with E-state index in [2.05, 4.69) is 29.2 Å². The number of aliphatic hydroxyl groups excluding tert-OH is 3. The van der Waals surface area contributed by atoms with Crippen molar-refractivity contribution < 1.29 is 44.0 Å². The highest BCUT2D eigenvalue weighted by molar-refractivity contribution is 5.86. The summed E-state index contributed by atoms with van der Waals surface area (Å²) in [5, 5.41) is 33.9. The fraction of sp³-hybridized carbons (Fsp3) is 0.793. The van der Waals surface area contributed by atoms with Gasteiger partial charge in [-0.15, -0.1) is 0 Å². The number of aliphatic hydroxyl groups is 3. The molecule has 0 saturated carbocycles. The van der Waals surface area contributed by atoms with Crippen molar-refractivity contribution >= 4 is 23.8 Å². The Hall–Kier alpha value is -2.50. The van der Waals surface area contributed by atoms with Gasteiger partial charge < -0.3 is 35.4 Å². The zero-order chi connectivity index (χ0) is 30.2. The number of hydrogen-bond acceptors (Lipinski definition) is 9. The molecule has 11 nitrogen and oxygen atoms in total. The highest BCUT2D eigenvalue weighted by Gasteiger charge is 2.28. The average Bonchev–Trinajstić information content (AvgIpc) is 2.93. The maximum atomic E-state index is 12.8. The van der Waals surface area contributed by atoms with E-state index in [-0.39, 0.29) is 19.3 Å². The van der Waals surface area contributed by atoms with Gasteiger partial charge in [0.05, 0.1) is 39.3 Å². The van der Waals surface area contributed by atoms with Crippen molar-refractivity contribution in [1.29, 1.82) is 0 Å². The number of methoxy groups -OCH3 is 1. The monoisotopic (exact) mass is 572 g/mol. The lowest BCUT2D eigenvalue weighted by Crippen LogP contribution is -2.47. The van der Waals surface area contributed by atoms with Crippen LogP contribution >= 0.6 is 0 Å². The van der Waals surface area contributed by atoms with Gasteiger partial charge in [-0.2, -0.15) is 0 Å². The molecule has 0 bridgehead atoms. The van der Waals surface area contributed by atoms with E-state index in [1.54, 1.807) is 6.08 Å². The van der Waals surface area contributed by atoms with Gasteiger partial charge in [0.2, 0.25) is 11.8 Å². The third-order valence-corrected chi connectivity index (χ3v) is 6.35. The first-order valence-electron chi connectivity index (χ1n) is 14.6. The third kappa shape index (κ3) is 18.7. The largest absolute Gasteiger partial charge is 0.467 e. The Balaban J connectivity index is 5.07. The standard InChI is InChI=1S/C29H52N2O9/c1-4-6-8-10-11-13-15-17-23(19-27(36)30-24(20-32)28(37)39-3)40-29(38)25(21-33)31-26(35)18-22(34)16-14-12-9-7-5-2/h13,15,22-25,32-34H,4-12,14,16-21H2,1-3H3,(H,30,36)(H,31,35)/b15-13-/t22-,23+,24-,25-/m0/s1. The van der Waals surface area contributed by atoms with Crippen LogP contribution < -0.4 is 10.6 Å². The number of unbranched alkanes of at least 4 members (excludes halogenated alkanes) is 8. The maximum Gasteiger partial charge on any atom is 0.331 e. The number of hydrogen-bond donors (Lipinski definition) is 5. The third-order valence-electron chi connectivity index (χ3n) is 6.35. The van der Waals surface area contributed by atoms with Crippen molar-refractivity contribution in [2.45, 2.75) is 128 Å². The van der Waals surface area contributed by atoms with Crippen LogP contribution in [0.15, 0.2) is 12.2 Å². The first-order valence-corrected chi connectivity index (χ1v) is 14.6. The summed E-state index contributed by atoms with van der Waals surface area (Å²) in [6, 6.07) is -2.63. The summed E-state index contributed by atoms with van der Waals surface area (Å²) in [5.41, 5.74) is 0. The van der Waals surface area contributed by atoms with E-state index >= 15 is 0 Å². The molecule has 0 heterocycles. The smallest absolute Gasteiger partial charge is 0.331 e. The molecule has 0 aromatic heterocycles. The number of amides is 2. The molecule has 0 aliphatic heterocycles. The molecule has 0 aliphatic rings. The number of carbonyl (C=O) groups is 4. The van der Waals surface area contributed by atoms with E-state index in [1.807, 2.05) is 6.08 Å². The second kappa shape index (κ2) is 24.3. The summed E-state index contributed by atoms with van der Waals surface area (Å²) in [6.07, 6.45) is 12.3. The molecule has 0 aromatic rings. The fourth-order valence-electron chi connectivity index (χ4n) is 3.99. The number of allylic oxidation sites excluding steroid dienone is 1. The van der Waals surface area contributed by atoms with Crippen molar-refractivity contribution in [3.05, 3.63) is 12.2 Å². The van der Waals surface area contributed by atoms with E-state index in [0.717, 1.165) is 71.3 Å². The Bertz CT molecular complexity index is 745. The van der Waals surface area contributed by atoms with Gasteiger partial charge in [0, 0.05) is 6.42 Å². The van der Waals surface area contributed by atoms with Crippen LogP contribution in [0.2, 0.25) is 0 Å². The Morgan fingerprint density at radius 3 is 1.88 bits per heavy atom. The van der Waals surface area contributed by atoms with Crippen LogP contribution in [-0.4, -0.2) is 83.7 Å². The van der Waals surface area contributed by atoms with Crippen molar-refractivity contribution in [3.8, 4) is 0 Å². The van der Waals surface area contributed by atoms with E-state index in [4.69, 9.17) is 4.74 Å². The molecule has 0 aromatic carbocycles. The van der Waals surface area contributed by atoms with Gasteiger partial charge in [-0.3, -0.25) is 9.59 Å². The van der Waals surface area contributed by atoms with Gasteiger partial charge in [0.15, 0.2) is 12.1 Å². The molecular formula is C29H52N2O9. The minimum absolute atomic E-state index is 0.192. The van der Waals surface area contributed by atoms with E-state index in [1.165, 1.54) is 0 Å². The number of rotatable bonds is 24. The Morgan fingerprint density at radius 1 is 0.750 bits per heavy atom. The molecule has 2 amide bonds. The highest BCUT2D eigenvalue weighted by Crippen LogP contribution is 2.12. The van der Waals surface area contributed by atoms with Crippen LogP contribution in [0.3, 0.4) is 0 Å². The Kier molecular flexibility index (Phi) is 22.8. The van der Waals surface area contributed by atoms with Crippen LogP contribution in [-0.2, 0) is 28.7 Å². The van der Waals surface area contributed by atoms with Gasteiger partial charge in [-0.1, -0.05) is 77.4 Å². The van der Waals surface area contributed by atoms with E-state index in [0.29, 0.717) is 6.42 Å². The van der Waals surface area contributed by atoms with Crippen LogP contribution in [0.25, 0.3) is 0 Å². The Labute approximate surface area is 239 Å². The highest BCUT2D eigenvalue weighted by atomic mass is 16.5. The summed E-state index contributed by atoms with van der Waals surface area (Å²) in [6.45, 7) is 2.85. The molecule has 0 radical (unpaired) electrons. The molecule has 0 spiro atoms. The van der Waals surface area contributed by atoms with Crippen LogP contribution in [0.5, 0.6) is 0 Å². The molecule has 5 N–H and O–H groups in total. The zero-order valence-electron chi connectivity index (χ0n) is 24.6. The van der Waals surface area contributed by atoms with Gasteiger partial charge >= 0.3 is 11.9 Å².